The highest BCUT2D eigenvalue weighted by Gasteiger charge is 2.05. The van der Waals surface area contributed by atoms with Crippen LogP contribution in [-0.4, -0.2) is 19.3 Å². The molecular weight excluding hydrogens is 236 g/mol. The smallest absolute Gasteiger partial charge is 0.152 e. The molecule has 0 amide bonds. The Morgan fingerprint density at radius 2 is 2.18 bits per heavy atom. The molecule has 0 aliphatic heterocycles. The van der Waals surface area contributed by atoms with Crippen LogP contribution in [0, 0.1) is 0 Å². The van der Waals surface area contributed by atoms with E-state index in [1.807, 2.05) is 36.0 Å². The van der Waals surface area contributed by atoms with Crippen LogP contribution in [0.4, 0.5) is 0 Å². The quantitative estimate of drug-likeness (QED) is 0.696. The molecule has 4 nitrogen and oxygen atoms in total. The number of aromatic nitrogens is 4. The maximum atomic E-state index is 6.01. The van der Waals surface area contributed by atoms with Crippen LogP contribution in [0.5, 0.6) is 0 Å². The van der Waals surface area contributed by atoms with Crippen LogP contribution in [0.1, 0.15) is 5.82 Å². The van der Waals surface area contributed by atoms with Crippen molar-refractivity contribution in [1.82, 2.24) is 19.3 Å². The van der Waals surface area contributed by atoms with Crippen molar-refractivity contribution >= 4 is 22.5 Å². The summed E-state index contributed by atoms with van der Waals surface area (Å²) < 4.78 is 4.03. The van der Waals surface area contributed by atoms with Gasteiger partial charge in [0.25, 0.3) is 0 Å². The lowest BCUT2D eigenvalue weighted by molar-refractivity contribution is 0.716. The minimum absolute atomic E-state index is 0.695. The van der Waals surface area contributed by atoms with E-state index < -0.39 is 0 Å². The molecule has 0 saturated heterocycles. The first-order chi connectivity index (χ1) is 8.24. The number of benzene rings is 1. The van der Waals surface area contributed by atoms with E-state index in [0.29, 0.717) is 6.54 Å². The number of halogens is 1. The van der Waals surface area contributed by atoms with Gasteiger partial charge >= 0.3 is 0 Å². The van der Waals surface area contributed by atoms with Crippen molar-refractivity contribution in [3.8, 4) is 0 Å². The Hall–Kier alpha value is -1.81. The highest BCUT2D eigenvalue weighted by atomic mass is 35.5. The molecule has 5 heteroatoms. The molecule has 2 aromatic heterocycles. The van der Waals surface area contributed by atoms with Crippen LogP contribution >= 0.6 is 11.6 Å². The fraction of sp³-hybridized carbons (Fsp3) is 0.167. The van der Waals surface area contributed by atoms with E-state index in [0.717, 1.165) is 16.4 Å². The fourth-order valence-electron chi connectivity index (χ4n) is 1.90. The van der Waals surface area contributed by atoms with E-state index in [9.17, 15) is 0 Å². The second kappa shape index (κ2) is 3.89. The second-order valence-corrected chi connectivity index (χ2v) is 4.44. The van der Waals surface area contributed by atoms with Crippen molar-refractivity contribution in [2.75, 3.05) is 0 Å². The summed E-state index contributed by atoms with van der Waals surface area (Å²) in [6, 6.07) is 7.96. The fourth-order valence-corrected chi connectivity index (χ4v) is 2.06. The van der Waals surface area contributed by atoms with Crippen molar-refractivity contribution < 1.29 is 0 Å². The lowest BCUT2D eigenvalue weighted by Gasteiger charge is -2.04. The van der Waals surface area contributed by atoms with E-state index in [4.69, 9.17) is 11.6 Å². The molecule has 3 rings (SSSR count). The number of fused-ring (bicyclic) bond motifs is 1. The summed E-state index contributed by atoms with van der Waals surface area (Å²) in [5.41, 5.74) is 1.11. The molecule has 0 spiro atoms. The van der Waals surface area contributed by atoms with Crippen molar-refractivity contribution in [3.63, 3.8) is 0 Å². The summed E-state index contributed by atoms with van der Waals surface area (Å²) in [7, 11) is 1.94. The first-order valence-electron chi connectivity index (χ1n) is 5.31. The first kappa shape index (κ1) is 10.4. The first-order valence-corrected chi connectivity index (χ1v) is 5.69. The van der Waals surface area contributed by atoms with Gasteiger partial charge in [-0.3, -0.25) is 0 Å². The third kappa shape index (κ3) is 1.80. The zero-order valence-corrected chi connectivity index (χ0v) is 10.1. The monoisotopic (exact) mass is 246 g/mol. The zero-order chi connectivity index (χ0) is 11.8. The largest absolute Gasteiger partial charge is 0.340 e. The molecule has 0 aliphatic carbocycles. The van der Waals surface area contributed by atoms with Crippen LogP contribution in [0.2, 0.25) is 5.02 Å². The molecule has 0 saturated carbocycles. The van der Waals surface area contributed by atoms with E-state index in [1.165, 1.54) is 5.39 Å². The lowest BCUT2D eigenvalue weighted by atomic mass is 10.2. The molecule has 0 aliphatic rings. The van der Waals surface area contributed by atoms with Gasteiger partial charge in [-0.15, -0.1) is 10.2 Å². The van der Waals surface area contributed by atoms with Crippen LogP contribution in [0.3, 0.4) is 0 Å². The van der Waals surface area contributed by atoms with Crippen molar-refractivity contribution in [3.05, 3.63) is 47.6 Å². The Labute approximate surface area is 103 Å². The van der Waals surface area contributed by atoms with Gasteiger partial charge < -0.3 is 9.13 Å². The summed E-state index contributed by atoms with van der Waals surface area (Å²) in [5, 5.41) is 9.88. The second-order valence-electron chi connectivity index (χ2n) is 4.00. The van der Waals surface area contributed by atoms with Gasteiger partial charge in [-0.1, -0.05) is 17.7 Å². The molecule has 17 heavy (non-hydrogen) atoms. The maximum absolute atomic E-state index is 6.01. The Morgan fingerprint density at radius 3 is 2.94 bits per heavy atom. The molecule has 86 valence electrons. The van der Waals surface area contributed by atoms with Crippen LogP contribution in [0.15, 0.2) is 36.8 Å². The van der Waals surface area contributed by atoms with Gasteiger partial charge in [-0.25, -0.2) is 0 Å². The number of rotatable bonds is 2. The minimum atomic E-state index is 0.695. The highest BCUT2D eigenvalue weighted by molar-refractivity contribution is 6.31. The van der Waals surface area contributed by atoms with Gasteiger partial charge in [-0.05, 0) is 23.6 Å². The topological polar surface area (TPSA) is 35.6 Å². The van der Waals surface area contributed by atoms with E-state index in [1.54, 1.807) is 6.33 Å². The van der Waals surface area contributed by atoms with Gasteiger partial charge in [0.2, 0.25) is 0 Å². The third-order valence-electron chi connectivity index (χ3n) is 2.85. The Balaban J connectivity index is 2.06. The predicted molar refractivity (Wildman–Crippen MR) is 67.1 cm³/mol. The van der Waals surface area contributed by atoms with Gasteiger partial charge in [-0.2, -0.15) is 0 Å². The molecule has 0 unspecified atom stereocenters. The maximum Gasteiger partial charge on any atom is 0.152 e. The molecule has 0 bridgehead atoms. The Bertz CT molecular complexity index is 668. The minimum Gasteiger partial charge on any atom is -0.340 e. The van der Waals surface area contributed by atoms with Gasteiger partial charge in [0, 0.05) is 23.8 Å². The molecular formula is C12H11ClN4. The van der Waals surface area contributed by atoms with E-state index in [-0.39, 0.29) is 0 Å². The number of nitrogens with zero attached hydrogens (tertiary/aromatic N) is 4. The Morgan fingerprint density at radius 1 is 1.29 bits per heavy atom. The molecule has 0 atom stereocenters. The van der Waals surface area contributed by atoms with Crippen LogP contribution < -0.4 is 0 Å². The number of aryl methyl sites for hydroxylation is 1. The normalized spacial score (nSPS) is 11.2. The third-order valence-corrected chi connectivity index (χ3v) is 3.09. The molecule has 2 heterocycles. The lowest BCUT2D eigenvalue weighted by Crippen LogP contribution is -2.04. The van der Waals surface area contributed by atoms with Crippen LogP contribution in [-0.2, 0) is 13.6 Å². The summed E-state index contributed by atoms with van der Waals surface area (Å²) in [6.07, 6.45) is 3.74. The molecule has 3 aromatic rings. The van der Waals surface area contributed by atoms with Crippen molar-refractivity contribution in [2.24, 2.45) is 7.05 Å². The van der Waals surface area contributed by atoms with Gasteiger partial charge in [0.05, 0.1) is 6.54 Å². The molecule has 0 N–H and O–H groups in total. The van der Waals surface area contributed by atoms with Crippen LogP contribution in [0.25, 0.3) is 10.9 Å². The molecule has 1 aromatic carbocycles. The van der Waals surface area contributed by atoms with Crippen molar-refractivity contribution in [2.45, 2.75) is 6.54 Å². The van der Waals surface area contributed by atoms with E-state index in [2.05, 4.69) is 20.8 Å². The summed E-state index contributed by atoms with van der Waals surface area (Å²) >= 11 is 6.01. The van der Waals surface area contributed by atoms with Crippen molar-refractivity contribution in [1.29, 1.82) is 0 Å². The zero-order valence-electron chi connectivity index (χ0n) is 9.34. The number of hydrogen-bond donors (Lipinski definition) is 0. The predicted octanol–water partition coefficient (Wildman–Crippen LogP) is 2.47. The number of hydrogen-bond acceptors (Lipinski definition) is 2. The standard InChI is InChI=1S/C12H11ClN4/c1-16-8-14-15-12(16)7-17-5-4-9-2-3-10(13)6-11(9)17/h2-6,8H,7H2,1H3. The average Bonchev–Trinajstić information content (AvgIpc) is 2.88. The Kier molecular flexibility index (Phi) is 2.37. The molecule has 0 fully saturated rings. The molecule has 0 radical (unpaired) electrons. The summed E-state index contributed by atoms with van der Waals surface area (Å²) in [6.45, 7) is 0.695. The highest BCUT2D eigenvalue weighted by Crippen LogP contribution is 2.21. The summed E-state index contributed by atoms with van der Waals surface area (Å²) in [4.78, 5) is 0. The summed E-state index contributed by atoms with van der Waals surface area (Å²) in [5.74, 6) is 0.919. The average molecular weight is 247 g/mol. The van der Waals surface area contributed by atoms with E-state index >= 15 is 0 Å². The SMILES string of the molecule is Cn1cnnc1Cn1ccc2ccc(Cl)cc21. The van der Waals surface area contributed by atoms with Gasteiger partial charge in [0.1, 0.15) is 6.33 Å². The van der Waals surface area contributed by atoms with Gasteiger partial charge in [0.15, 0.2) is 5.82 Å².